The molecule has 0 bridgehead atoms. The highest BCUT2D eigenvalue weighted by Crippen LogP contribution is 2.31. The number of aliphatic carboxylic acids is 1. The van der Waals surface area contributed by atoms with Crippen LogP contribution in [0, 0.1) is 6.92 Å². The number of carboxylic acids is 1. The van der Waals surface area contributed by atoms with Crippen molar-refractivity contribution in [1.82, 2.24) is 30.1 Å². The number of carbonyl (C=O) groups is 1. The summed E-state index contributed by atoms with van der Waals surface area (Å²) in [5.74, 6) is -1.48. The Morgan fingerprint density at radius 2 is 1.51 bits per heavy atom. The number of fused-ring (bicyclic) bond motifs is 1. The molecule has 188 valence electrons. The van der Waals surface area contributed by atoms with Gasteiger partial charge in [0, 0.05) is 17.7 Å². The van der Waals surface area contributed by atoms with Gasteiger partial charge in [-0.25, -0.2) is 24.7 Å². The number of aromatic amines is 1. The molecule has 3 aromatic heterocycles. The highest BCUT2D eigenvalue weighted by molar-refractivity contribution is 5.85. The third-order valence-electron chi connectivity index (χ3n) is 5.11. The van der Waals surface area contributed by atoms with Crippen molar-refractivity contribution >= 4 is 17.1 Å². The molecule has 3 heterocycles. The Morgan fingerprint density at radius 1 is 0.892 bits per heavy atom. The van der Waals surface area contributed by atoms with Gasteiger partial charge in [-0.15, -0.1) is 0 Å². The molecule has 0 atom stereocenters. The average Bonchev–Trinajstić information content (AvgIpc) is 3.34. The number of alkyl halides is 3. The molecule has 0 amide bonds. The number of nitrogens with zero attached hydrogens (tertiary/aromatic N) is 5. The normalized spacial score (nSPS) is 11.2. The fourth-order valence-corrected chi connectivity index (χ4v) is 3.32. The van der Waals surface area contributed by atoms with Crippen LogP contribution in [0.1, 0.15) is 11.4 Å². The van der Waals surface area contributed by atoms with Crippen molar-refractivity contribution in [2.24, 2.45) is 5.73 Å². The van der Waals surface area contributed by atoms with Gasteiger partial charge in [-0.1, -0.05) is 54.6 Å². The molecular formula is C25H20F3N7O2. The summed E-state index contributed by atoms with van der Waals surface area (Å²) in [4.78, 5) is 27.7. The molecule has 0 fully saturated rings. The van der Waals surface area contributed by atoms with Crippen LogP contribution >= 0.6 is 0 Å². The van der Waals surface area contributed by atoms with Crippen LogP contribution in [0.4, 0.5) is 13.2 Å². The van der Waals surface area contributed by atoms with Gasteiger partial charge in [0.2, 0.25) is 0 Å². The Hall–Kier alpha value is -4.71. The van der Waals surface area contributed by atoms with E-state index in [0.717, 1.165) is 33.9 Å². The van der Waals surface area contributed by atoms with Gasteiger partial charge in [-0.3, -0.25) is 5.10 Å². The first-order valence-electron chi connectivity index (χ1n) is 10.9. The summed E-state index contributed by atoms with van der Waals surface area (Å²) in [5, 5.41) is 14.2. The predicted octanol–water partition coefficient (Wildman–Crippen LogP) is 4.54. The molecule has 0 aliphatic carbocycles. The van der Waals surface area contributed by atoms with E-state index in [4.69, 9.17) is 25.6 Å². The first-order valence-corrected chi connectivity index (χ1v) is 10.9. The van der Waals surface area contributed by atoms with E-state index in [9.17, 15) is 13.2 Å². The Labute approximate surface area is 208 Å². The summed E-state index contributed by atoms with van der Waals surface area (Å²) >= 11 is 0. The minimum Gasteiger partial charge on any atom is -0.475 e. The van der Waals surface area contributed by atoms with Crippen LogP contribution in [0.5, 0.6) is 0 Å². The summed E-state index contributed by atoms with van der Waals surface area (Å²) in [6.07, 6.45) is -5.08. The number of benzene rings is 2. The van der Waals surface area contributed by atoms with Crippen molar-refractivity contribution in [3.05, 3.63) is 78.1 Å². The number of hydrogen-bond donors (Lipinski definition) is 3. The van der Waals surface area contributed by atoms with Crippen LogP contribution < -0.4 is 5.73 Å². The molecular weight excluding hydrogens is 487 g/mol. The predicted molar refractivity (Wildman–Crippen MR) is 130 cm³/mol. The Bertz CT molecular complexity index is 1540. The van der Waals surface area contributed by atoms with Crippen molar-refractivity contribution in [2.45, 2.75) is 19.6 Å². The van der Waals surface area contributed by atoms with Crippen LogP contribution in [0.15, 0.2) is 66.7 Å². The number of halogens is 3. The van der Waals surface area contributed by atoms with Crippen molar-refractivity contribution in [3.8, 4) is 34.0 Å². The minimum atomic E-state index is -5.08. The SMILES string of the molecule is Cc1nc(-c2ccc3nc(-c4ccccc4)c(-c4ccc(CN)cc4)nc3n2)n[nH]1.O=C(O)C(F)(F)F. The molecule has 37 heavy (non-hydrogen) atoms. The molecule has 12 heteroatoms. The van der Waals surface area contributed by atoms with Crippen LogP contribution in [-0.2, 0) is 11.3 Å². The molecule has 0 radical (unpaired) electrons. The van der Waals surface area contributed by atoms with E-state index < -0.39 is 12.1 Å². The molecule has 0 spiro atoms. The fourth-order valence-electron chi connectivity index (χ4n) is 3.32. The molecule has 5 aromatic rings. The average molecular weight is 507 g/mol. The lowest BCUT2D eigenvalue weighted by atomic mass is 10.0. The lowest BCUT2D eigenvalue weighted by molar-refractivity contribution is -0.192. The third-order valence-corrected chi connectivity index (χ3v) is 5.11. The molecule has 9 nitrogen and oxygen atoms in total. The number of hydrogen-bond acceptors (Lipinski definition) is 7. The van der Waals surface area contributed by atoms with Crippen LogP contribution in [0.25, 0.3) is 45.2 Å². The van der Waals surface area contributed by atoms with Gasteiger partial charge in [0.1, 0.15) is 17.0 Å². The van der Waals surface area contributed by atoms with Crippen molar-refractivity contribution in [3.63, 3.8) is 0 Å². The summed E-state index contributed by atoms with van der Waals surface area (Å²) in [7, 11) is 0. The van der Waals surface area contributed by atoms with Gasteiger partial charge in [0.15, 0.2) is 11.5 Å². The largest absolute Gasteiger partial charge is 0.490 e. The van der Waals surface area contributed by atoms with Crippen LogP contribution in [0.2, 0.25) is 0 Å². The maximum atomic E-state index is 10.6. The molecule has 0 unspecified atom stereocenters. The fraction of sp³-hybridized carbons (Fsp3) is 0.120. The van der Waals surface area contributed by atoms with E-state index in [-0.39, 0.29) is 0 Å². The number of rotatable bonds is 4. The van der Waals surface area contributed by atoms with E-state index in [1.807, 2.05) is 73.7 Å². The Kier molecular flexibility index (Phi) is 7.20. The second-order valence-electron chi connectivity index (χ2n) is 7.77. The molecule has 5 rings (SSSR count). The topological polar surface area (TPSA) is 144 Å². The molecule has 2 aromatic carbocycles. The molecule has 0 aliphatic heterocycles. The second-order valence-corrected chi connectivity index (χ2v) is 7.77. The number of nitrogens with two attached hydrogens (primary N) is 1. The summed E-state index contributed by atoms with van der Waals surface area (Å²) < 4.78 is 31.7. The highest BCUT2D eigenvalue weighted by Gasteiger charge is 2.38. The first kappa shape index (κ1) is 25.4. The number of aryl methyl sites for hydroxylation is 1. The molecule has 4 N–H and O–H groups in total. The number of H-pyrrole nitrogens is 1. The molecule has 0 saturated heterocycles. The van der Waals surface area contributed by atoms with Gasteiger partial charge < -0.3 is 10.8 Å². The number of nitrogens with one attached hydrogen (secondary N) is 1. The van der Waals surface area contributed by atoms with Gasteiger partial charge >= 0.3 is 12.1 Å². The third kappa shape index (κ3) is 5.93. The van der Waals surface area contributed by atoms with E-state index in [0.29, 0.717) is 29.2 Å². The van der Waals surface area contributed by atoms with Gasteiger partial charge in [-0.05, 0) is 24.6 Å². The zero-order valence-corrected chi connectivity index (χ0v) is 19.4. The van der Waals surface area contributed by atoms with Crippen LogP contribution in [-0.4, -0.2) is 47.4 Å². The summed E-state index contributed by atoms with van der Waals surface area (Å²) in [6.45, 7) is 2.35. The monoisotopic (exact) mass is 507 g/mol. The van der Waals surface area contributed by atoms with Crippen molar-refractivity contribution in [2.75, 3.05) is 0 Å². The van der Waals surface area contributed by atoms with Gasteiger partial charge in [0.05, 0.1) is 11.4 Å². The van der Waals surface area contributed by atoms with Gasteiger partial charge in [0.25, 0.3) is 0 Å². The van der Waals surface area contributed by atoms with Gasteiger partial charge in [-0.2, -0.15) is 18.3 Å². The zero-order chi connectivity index (χ0) is 26.6. The van der Waals surface area contributed by atoms with Crippen molar-refractivity contribution in [1.29, 1.82) is 0 Å². The molecule has 0 aliphatic rings. The van der Waals surface area contributed by atoms with E-state index >= 15 is 0 Å². The number of carboxylic acid groups (broad SMARTS) is 1. The van der Waals surface area contributed by atoms with Crippen molar-refractivity contribution < 1.29 is 23.1 Å². The highest BCUT2D eigenvalue weighted by atomic mass is 19.4. The lowest BCUT2D eigenvalue weighted by Crippen LogP contribution is -2.21. The minimum absolute atomic E-state index is 0.496. The molecule has 0 saturated carbocycles. The lowest BCUT2D eigenvalue weighted by Gasteiger charge is -2.11. The summed E-state index contributed by atoms with van der Waals surface area (Å²) in [5.41, 5.74) is 12.3. The van der Waals surface area contributed by atoms with E-state index in [1.54, 1.807) is 0 Å². The Balaban J connectivity index is 0.000000405. The number of pyridine rings is 1. The maximum absolute atomic E-state index is 10.6. The second kappa shape index (κ2) is 10.5. The zero-order valence-electron chi connectivity index (χ0n) is 19.4. The van der Waals surface area contributed by atoms with Crippen LogP contribution in [0.3, 0.4) is 0 Å². The first-order chi connectivity index (χ1) is 17.7. The maximum Gasteiger partial charge on any atom is 0.490 e. The summed E-state index contributed by atoms with van der Waals surface area (Å²) in [6, 6.07) is 21.9. The van der Waals surface area contributed by atoms with E-state index in [1.165, 1.54) is 0 Å². The number of aromatic nitrogens is 6. The smallest absolute Gasteiger partial charge is 0.475 e. The quantitative estimate of drug-likeness (QED) is 0.322. The Morgan fingerprint density at radius 3 is 2.08 bits per heavy atom. The van der Waals surface area contributed by atoms with E-state index in [2.05, 4.69) is 20.2 Å². The standard InChI is InChI=1S/C23H19N7.C2HF3O2/c1-14-25-23(30-29-14)19-12-11-18-22(27-19)28-21(17-9-7-15(13-24)8-10-17)20(26-18)16-5-3-2-4-6-16;3-2(4,5)1(6)7/h2-12H,13,24H2,1H3,(H,25,29,30);(H,6,7).